The van der Waals surface area contributed by atoms with Crippen LogP contribution in [0.3, 0.4) is 0 Å². The minimum atomic E-state index is -0.264. The Bertz CT molecular complexity index is 746. The van der Waals surface area contributed by atoms with E-state index in [-0.39, 0.29) is 5.82 Å². The van der Waals surface area contributed by atoms with Crippen molar-refractivity contribution in [3.05, 3.63) is 54.2 Å². The van der Waals surface area contributed by atoms with E-state index in [0.29, 0.717) is 10.1 Å². The Kier molecular flexibility index (Phi) is 3.13. The number of hydrogen-bond acceptors (Lipinski definition) is 4. The first-order chi connectivity index (χ1) is 9.24. The molecule has 0 radical (unpaired) electrons. The van der Waals surface area contributed by atoms with Crippen LogP contribution in [-0.2, 0) is 0 Å². The van der Waals surface area contributed by atoms with Crippen LogP contribution in [0.4, 0.5) is 4.39 Å². The standard InChI is InChI=1S/C14H10FN3S/c1-9-10-6-7-16-8-12(10)18-14(17-9)19-13-5-3-2-4-11(13)15/h2-8H,1H3. The Morgan fingerprint density at radius 1 is 1.11 bits per heavy atom. The van der Waals surface area contributed by atoms with Gasteiger partial charge in [0.2, 0.25) is 0 Å². The maximum atomic E-state index is 13.6. The Hall–Kier alpha value is -2.01. The lowest BCUT2D eigenvalue weighted by Crippen LogP contribution is -1.93. The molecule has 0 spiro atoms. The fourth-order valence-corrected chi connectivity index (χ4v) is 2.62. The first-order valence-corrected chi connectivity index (χ1v) is 6.56. The van der Waals surface area contributed by atoms with E-state index in [2.05, 4.69) is 15.0 Å². The van der Waals surface area contributed by atoms with E-state index in [1.54, 1.807) is 30.6 Å². The number of aromatic nitrogens is 3. The SMILES string of the molecule is Cc1nc(Sc2ccccc2F)nc2cnccc12. The van der Waals surface area contributed by atoms with Gasteiger partial charge in [0, 0.05) is 17.3 Å². The molecule has 3 nitrogen and oxygen atoms in total. The average Bonchev–Trinajstić information content (AvgIpc) is 2.42. The second-order valence-corrected chi connectivity index (χ2v) is 5.03. The number of hydrogen-bond donors (Lipinski definition) is 0. The van der Waals surface area contributed by atoms with Crippen molar-refractivity contribution in [3.8, 4) is 0 Å². The van der Waals surface area contributed by atoms with E-state index in [4.69, 9.17) is 0 Å². The summed E-state index contributed by atoms with van der Waals surface area (Å²) in [4.78, 5) is 13.4. The van der Waals surface area contributed by atoms with Crippen LogP contribution in [0.5, 0.6) is 0 Å². The Balaban J connectivity index is 2.04. The Labute approximate surface area is 113 Å². The molecular weight excluding hydrogens is 261 g/mol. The molecule has 0 N–H and O–H groups in total. The van der Waals surface area contributed by atoms with Crippen LogP contribution in [0.15, 0.2) is 52.8 Å². The molecule has 0 atom stereocenters. The molecule has 2 aromatic heterocycles. The zero-order chi connectivity index (χ0) is 13.2. The number of aryl methyl sites for hydroxylation is 1. The van der Waals surface area contributed by atoms with Gasteiger partial charge in [-0.15, -0.1) is 0 Å². The lowest BCUT2D eigenvalue weighted by Gasteiger charge is -2.05. The molecule has 1 aromatic carbocycles. The molecule has 0 aliphatic heterocycles. The molecule has 0 bridgehead atoms. The van der Waals surface area contributed by atoms with Gasteiger partial charge in [-0.05, 0) is 36.9 Å². The van der Waals surface area contributed by atoms with Gasteiger partial charge in [0.05, 0.1) is 16.6 Å². The van der Waals surface area contributed by atoms with E-state index in [9.17, 15) is 4.39 Å². The molecule has 94 valence electrons. The van der Waals surface area contributed by atoms with Gasteiger partial charge in [0.1, 0.15) is 5.82 Å². The number of pyridine rings is 1. The maximum Gasteiger partial charge on any atom is 0.193 e. The first-order valence-electron chi connectivity index (χ1n) is 5.75. The lowest BCUT2D eigenvalue weighted by atomic mass is 10.2. The molecule has 19 heavy (non-hydrogen) atoms. The minimum Gasteiger partial charge on any atom is -0.262 e. The molecular formula is C14H10FN3S. The van der Waals surface area contributed by atoms with Gasteiger partial charge in [0.15, 0.2) is 5.16 Å². The van der Waals surface area contributed by atoms with E-state index < -0.39 is 0 Å². The molecule has 5 heteroatoms. The molecule has 0 aliphatic rings. The van der Waals surface area contributed by atoms with Gasteiger partial charge in [-0.25, -0.2) is 14.4 Å². The number of fused-ring (bicyclic) bond motifs is 1. The molecule has 3 aromatic rings. The summed E-state index contributed by atoms with van der Waals surface area (Å²) in [6.07, 6.45) is 3.40. The second kappa shape index (κ2) is 4.93. The van der Waals surface area contributed by atoms with Crippen LogP contribution in [-0.4, -0.2) is 15.0 Å². The molecule has 0 amide bonds. The highest BCUT2D eigenvalue weighted by atomic mass is 32.2. The van der Waals surface area contributed by atoms with Crippen LogP contribution in [0, 0.1) is 12.7 Å². The van der Waals surface area contributed by atoms with Crippen LogP contribution in [0.1, 0.15) is 5.69 Å². The minimum absolute atomic E-state index is 0.264. The smallest absolute Gasteiger partial charge is 0.193 e. The summed E-state index contributed by atoms with van der Waals surface area (Å²) in [6, 6.07) is 8.48. The summed E-state index contributed by atoms with van der Waals surface area (Å²) < 4.78 is 13.6. The van der Waals surface area contributed by atoms with Crippen molar-refractivity contribution in [3.63, 3.8) is 0 Å². The van der Waals surface area contributed by atoms with Crippen LogP contribution in [0.2, 0.25) is 0 Å². The number of halogens is 1. The summed E-state index contributed by atoms with van der Waals surface area (Å²) >= 11 is 1.22. The summed E-state index contributed by atoms with van der Waals surface area (Å²) in [5, 5.41) is 1.50. The fourth-order valence-electron chi connectivity index (χ4n) is 1.78. The van der Waals surface area contributed by atoms with Crippen molar-refractivity contribution in [2.24, 2.45) is 0 Å². The average molecular weight is 271 g/mol. The maximum absolute atomic E-state index is 13.6. The predicted molar refractivity (Wildman–Crippen MR) is 72.6 cm³/mol. The van der Waals surface area contributed by atoms with Gasteiger partial charge in [-0.3, -0.25) is 4.98 Å². The van der Waals surface area contributed by atoms with Crippen molar-refractivity contribution in [1.82, 2.24) is 15.0 Å². The molecule has 2 heterocycles. The second-order valence-electron chi connectivity index (χ2n) is 4.02. The zero-order valence-corrected chi connectivity index (χ0v) is 11.0. The summed E-state index contributed by atoms with van der Waals surface area (Å²) in [5.41, 5.74) is 1.64. The molecule has 0 aliphatic carbocycles. The quantitative estimate of drug-likeness (QED) is 0.667. The Morgan fingerprint density at radius 2 is 1.95 bits per heavy atom. The van der Waals surface area contributed by atoms with Crippen molar-refractivity contribution in [2.75, 3.05) is 0 Å². The van der Waals surface area contributed by atoms with Gasteiger partial charge >= 0.3 is 0 Å². The molecule has 0 fully saturated rings. The highest BCUT2D eigenvalue weighted by Crippen LogP contribution is 2.28. The molecule has 0 saturated heterocycles. The van der Waals surface area contributed by atoms with Crippen molar-refractivity contribution in [2.45, 2.75) is 17.0 Å². The van der Waals surface area contributed by atoms with E-state index in [1.807, 2.05) is 13.0 Å². The number of nitrogens with zero attached hydrogens (tertiary/aromatic N) is 3. The van der Waals surface area contributed by atoms with Crippen molar-refractivity contribution < 1.29 is 4.39 Å². The van der Waals surface area contributed by atoms with E-state index in [0.717, 1.165) is 16.6 Å². The van der Waals surface area contributed by atoms with Crippen LogP contribution < -0.4 is 0 Å². The van der Waals surface area contributed by atoms with Crippen LogP contribution >= 0.6 is 11.8 Å². The summed E-state index contributed by atoms with van der Waals surface area (Å²) in [7, 11) is 0. The highest BCUT2D eigenvalue weighted by molar-refractivity contribution is 7.99. The molecule has 3 rings (SSSR count). The number of rotatable bonds is 2. The van der Waals surface area contributed by atoms with Gasteiger partial charge in [0.25, 0.3) is 0 Å². The summed E-state index contributed by atoms with van der Waals surface area (Å²) in [6.45, 7) is 1.91. The molecule has 0 saturated carbocycles. The third kappa shape index (κ3) is 2.42. The normalized spacial score (nSPS) is 10.8. The Morgan fingerprint density at radius 3 is 2.79 bits per heavy atom. The monoisotopic (exact) mass is 271 g/mol. The van der Waals surface area contributed by atoms with Gasteiger partial charge < -0.3 is 0 Å². The largest absolute Gasteiger partial charge is 0.262 e. The summed E-state index contributed by atoms with van der Waals surface area (Å²) in [5.74, 6) is -0.264. The van der Waals surface area contributed by atoms with E-state index >= 15 is 0 Å². The molecule has 0 unspecified atom stereocenters. The van der Waals surface area contributed by atoms with Gasteiger partial charge in [-0.1, -0.05) is 12.1 Å². The topological polar surface area (TPSA) is 38.7 Å². The lowest BCUT2D eigenvalue weighted by molar-refractivity contribution is 0.601. The fraction of sp³-hybridized carbons (Fsp3) is 0.0714. The predicted octanol–water partition coefficient (Wildman–Crippen LogP) is 3.62. The zero-order valence-electron chi connectivity index (χ0n) is 10.2. The highest BCUT2D eigenvalue weighted by Gasteiger charge is 2.08. The van der Waals surface area contributed by atoms with Gasteiger partial charge in [-0.2, -0.15) is 0 Å². The van der Waals surface area contributed by atoms with Crippen LogP contribution in [0.25, 0.3) is 10.9 Å². The van der Waals surface area contributed by atoms with Crippen molar-refractivity contribution >= 4 is 22.7 Å². The first kappa shape index (κ1) is 12.0. The van der Waals surface area contributed by atoms with Crippen molar-refractivity contribution in [1.29, 1.82) is 0 Å². The third-order valence-corrected chi connectivity index (χ3v) is 3.62. The third-order valence-electron chi connectivity index (χ3n) is 2.71. The number of benzene rings is 1. The van der Waals surface area contributed by atoms with E-state index in [1.165, 1.54) is 17.8 Å².